The van der Waals surface area contributed by atoms with E-state index in [1.807, 2.05) is 0 Å². The van der Waals surface area contributed by atoms with Gasteiger partial charge in [-0.2, -0.15) is 0 Å². The quantitative estimate of drug-likeness (QED) is 0.163. The topological polar surface area (TPSA) is 6.48 Å². The number of benzene rings is 5. The summed E-state index contributed by atoms with van der Waals surface area (Å²) < 4.78 is 5.83. The van der Waals surface area contributed by atoms with Gasteiger partial charge in [0.05, 0.1) is 11.4 Å². The van der Waals surface area contributed by atoms with E-state index in [-0.39, 0.29) is 39.2 Å². The molecule has 0 atom stereocenters. The molecule has 0 N–H and O–H groups in total. The third-order valence-electron chi connectivity index (χ3n) is 15.9. The molecule has 0 radical (unpaired) electrons. The second-order valence-electron chi connectivity index (χ2n) is 27.4. The lowest BCUT2D eigenvalue weighted by molar-refractivity contribution is 0.444. The molecule has 360 valence electrons. The van der Waals surface area contributed by atoms with Crippen LogP contribution in [-0.4, -0.2) is 6.71 Å². The average molecular weight is 951 g/mol. The molecular weight excluding hydrogens is 872 g/mol. The fourth-order valence-electron chi connectivity index (χ4n) is 11.6. The van der Waals surface area contributed by atoms with Gasteiger partial charge in [-0.25, -0.2) is 0 Å². The number of nitrogens with zero attached hydrogens (tertiary/aromatic N) is 2. The van der Waals surface area contributed by atoms with Crippen molar-refractivity contribution in [1.29, 1.82) is 0 Å². The summed E-state index contributed by atoms with van der Waals surface area (Å²) >= 11 is 4.18. The van der Waals surface area contributed by atoms with E-state index in [1.54, 1.807) is 0 Å². The Labute approximate surface area is 425 Å². The smallest absolute Gasteiger partial charge is 0.277 e. The molecule has 3 aliphatic rings. The summed E-state index contributed by atoms with van der Waals surface area (Å²) in [4.78, 5) is 5.50. The first-order chi connectivity index (χ1) is 32.0. The average Bonchev–Trinajstić information content (AvgIpc) is 3.83. The van der Waals surface area contributed by atoms with Crippen molar-refractivity contribution in [3.05, 3.63) is 124 Å². The lowest BCUT2D eigenvalue weighted by Crippen LogP contribution is -2.59. The summed E-state index contributed by atoms with van der Waals surface area (Å²) in [7, 11) is 0. The third kappa shape index (κ3) is 8.22. The van der Waals surface area contributed by atoms with Crippen LogP contribution >= 0.6 is 22.7 Å². The van der Waals surface area contributed by atoms with Crippen LogP contribution in [0.5, 0.6) is 0 Å². The fourth-order valence-corrected chi connectivity index (χ4v) is 14.9. The molecule has 7 aromatic rings. The Morgan fingerprint density at radius 3 is 1.12 bits per heavy atom. The van der Waals surface area contributed by atoms with Crippen LogP contribution in [0.15, 0.2) is 84.9 Å². The van der Waals surface area contributed by atoms with E-state index >= 15 is 0 Å². The van der Waals surface area contributed by atoms with Crippen LogP contribution in [0.1, 0.15) is 202 Å². The SMILES string of the molecule is CC(C)(C)c1ccc(N2c3cc(C4CCCCC4)cc4c3B(c3sc5c(C(C)(C)C)cc(C(C)(C)C)cc5c32)c2sc3c(C(C)(C)C)cc(C(C)(C)C)cc3c2N4c2ccc(C(C)(C)C)cc2)cc1. The number of anilines is 6. The Balaban J connectivity index is 1.41. The molecule has 10 rings (SSSR count). The molecule has 2 nitrogen and oxygen atoms in total. The Kier molecular flexibility index (Phi) is 11.3. The predicted molar refractivity (Wildman–Crippen MR) is 309 cm³/mol. The van der Waals surface area contributed by atoms with Crippen LogP contribution in [0.2, 0.25) is 0 Å². The second-order valence-corrected chi connectivity index (χ2v) is 29.5. The first kappa shape index (κ1) is 48.3. The summed E-state index contributed by atoms with van der Waals surface area (Å²) in [6, 6.07) is 35.0. The van der Waals surface area contributed by atoms with Gasteiger partial charge in [-0.1, -0.05) is 180 Å². The predicted octanol–water partition coefficient (Wildman–Crippen LogP) is 18.0. The van der Waals surface area contributed by atoms with Gasteiger partial charge in [-0.3, -0.25) is 0 Å². The van der Waals surface area contributed by atoms with E-state index in [4.69, 9.17) is 0 Å². The molecule has 1 fully saturated rings. The van der Waals surface area contributed by atoms with Crippen molar-refractivity contribution in [3.63, 3.8) is 0 Å². The molecule has 69 heavy (non-hydrogen) atoms. The van der Waals surface area contributed by atoms with Crippen molar-refractivity contribution >= 4 is 98.7 Å². The Morgan fingerprint density at radius 2 is 0.783 bits per heavy atom. The van der Waals surface area contributed by atoms with Gasteiger partial charge < -0.3 is 9.80 Å². The molecule has 0 amide bonds. The lowest BCUT2D eigenvalue weighted by atomic mass is 9.39. The summed E-state index contributed by atoms with van der Waals surface area (Å²) in [6.07, 6.45) is 6.42. The standard InChI is InChI=1S/C64H79BN2S2/c1-59(2,3)40-24-28-44(29-25-40)66-50-32-39(38-22-20-19-21-23-38)33-51-52(50)65(57-53(66)46-34-42(61(7,8)9)36-48(55(46)68-57)63(13,14)15)58-54(67(51)45-30-26-41(27-31-45)60(4,5)6)47-35-43(62(10,11)12)37-49(56(47)69-58)64(16,17)18/h24-38H,19-23H2,1-18H3. The molecule has 5 heteroatoms. The second kappa shape index (κ2) is 16.1. The van der Waals surface area contributed by atoms with Crippen LogP contribution in [-0.2, 0) is 32.5 Å². The van der Waals surface area contributed by atoms with Crippen molar-refractivity contribution in [1.82, 2.24) is 0 Å². The first-order valence-corrected chi connectivity index (χ1v) is 27.9. The molecular formula is C64H79BN2S2. The minimum atomic E-state index is -0.0470. The summed E-state index contributed by atoms with van der Waals surface area (Å²) in [6.45, 7) is 43.0. The maximum Gasteiger partial charge on any atom is 0.277 e. The number of hydrogen-bond acceptors (Lipinski definition) is 4. The van der Waals surface area contributed by atoms with Crippen molar-refractivity contribution < 1.29 is 0 Å². The lowest BCUT2D eigenvalue weighted by Gasteiger charge is -2.43. The van der Waals surface area contributed by atoms with Gasteiger partial charge >= 0.3 is 0 Å². The molecule has 0 saturated heterocycles. The van der Waals surface area contributed by atoms with Crippen molar-refractivity contribution in [2.24, 2.45) is 0 Å². The zero-order valence-electron chi connectivity index (χ0n) is 45.5. The van der Waals surface area contributed by atoms with E-state index in [2.05, 4.69) is 242 Å². The van der Waals surface area contributed by atoms with Gasteiger partial charge in [0.15, 0.2) is 0 Å². The Morgan fingerprint density at radius 1 is 0.420 bits per heavy atom. The molecule has 0 spiro atoms. The highest BCUT2D eigenvalue weighted by molar-refractivity contribution is 7.41. The van der Waals surface area contributed by atoms with E-state index in [0.717, 1.165) is 0 Å². The van der Waals surface area contributed by atoms with Gasteiger partial charge in [0.2, 0.25) is 0 Å². The van der Waals surface area contributed by atoms with Crippen molar-refractivity contribution in [2.75, 3.05) is 9.80 Å². The number of fused-ring (bicyclic) bond motifs is 8. The maximum atomic E-state index is 2.75. The summed E-state index contributed by atoms with van der Waals surface area (Å²) in [5.74, 6) is 0.523. The van der Waals surface area contributed by atoms with Crippen LogP contribution in [0.3, 0.4) is 0 Å². The first-order valence-electron chi connectivity index (χ1n) is 26.2. The monoisotopic (exact) mass is 951 g/mol. The molecule has 0 unspecified atom stereocenters. The third-order valence-corrected chi connectivity index (χ3v) is 18.5. The van der Waals surface area contributed by atoms with Crippen LogP contribution in [0.25, 0.3) is 20.2 Å². The minimum Gasteiger partial charge on any atom is -0.310 e. The van der Waals surface area contributed by atoms with Crippen LogP contribution < -0.4 is 24.8 Å². The van der Waals surface area contributed by atoms with E-state index in [9.17, 15) is 0 Å². The number of thiophene rings is 2. The Hall–Kier alpha value is -4.32. The molecule has 0 bridgehead atoms. The highest BCUT2D eigenvalue weighted by atomic mass is 32.1. The molecule has 4 heterocycles. The molecule has 1 aliphatic carbocycles. The highest BCUT2D eigenvalue weighted by Crippen LogP contribution is 2.54. The van der Waals surface area contributed by atoms with Crippen molar-refractivity contribution in [2.45, 2.75) is 195 Å². The minimum absolute atomic E-state index is 0.0171. The van der Waals surface area contributed by atoms with E-state index < -0.39 is 0 Å². The molecule has 2 aromatic heterocycles. The summed E-state index contributed by atoms with van der Waals surface area (Å²) in [5.41, 5.74) is 19.4. The highest BCUT2D eigenvalue weighted by Gasteiger charge is 2.48. The van der Waals surface area contributed by atoms with Gasteiger partial charge in [0.1, 0.15) is 0 Å². The maximum absolute atomic E-state index is 2.75. The molecule has 2 aliphatic heterocycles. The zero-order valence-corrected chi connectivity index (χ0v) is 47.1. The molecule has 5 aromatic carbocycles. The van der Waals surface area contributed by atoms with E-state index in [0.29, 0.717) is 5.92 Å². The number of hydrogen-bond donors (Lipinski definition) is 0. The van der Waals surface area contributed by atoms with Crippen molar-refractivity contribution in [3.8, 4) is 0 Å². The molecule has 1 saturated carbocycles. The van der Waals surface area contributed by atoms with E-state index in [1.165, 1.54) is 140 Å². The normalized spacial score (nSPS) is 16.1. The van der Waals surface area contributed by atoms with Gasteiger partial charge in [0.25, 0.3) is 6.71 Å². The van der Waals surface area contributed by atoms with Crippen LogP contribution in [0, 0.1) is 0 Å². The summed E-state index contributed by atoms with van der Waals surface area (Å²) in [5, 5.41) is 2.80. The van der Waals surface area contributed by atoms with Gasteiger partial charge in [-0.05, 0) is 144 Å². The van der Waals surface area contributed by atoms with Gasteiger partial charge in [0, 0.05) is 52.5 Å². The Bertz CT molecular complexity index is 2930. The van der Waals surface area contributed by atoms with Gasteiger partial charge in [-0.15, -0.1) is 22.7 Å². The largest absolute Gasteiger partial charge is 0.310 e. The van der Waals surface area contributed by atoms with Crippen LogP contribution in [0.4, 0.5) is 34.1 Å². The number of rotatable bonds is 3. The fraction of sp³-hybridized carbons (Fsp3) is 0.469. The zero-order chi connectivity index (χ0) is 49.7.